The Bertz CT molecular complexity index is 232. The molecule has 0 aromatic carbocycles. The molecular weight excluding hydrogens is 178 g/mol. The first kappa shape index (κ1) is 12.9. The first-order valence-corrected chi connectivity index (χ1v) is 4.71. The van der Waals surface area contributed by atoms with E-state index < -0.39 is 0 Å². The van der Waals surface area contributed by atoms with E-state index in [2.05, 4.69) is 6.07 Å². The second-order valence-corrected chi connectivity index (χ2v) is 3.79. The van der Waals surface area contributed by atoms with Gasteiger partial charge in [-0.25, -0.2) is 0 Å². The van der Waals surface area contributed by atoms with Crippen LogP contribution in [0.1, 0.15) is 20.3 Å². The fraction of sp³-hybridized carbons (Fsp3) is 0.800. The monoisotopic (exact) mass is 197 g/mol. The number of nitrogens with zero attached hydrogens (tertiary/aromatic N) is 3. The number of likely N-dealkylation sites (N-methyl/N-ethyl adjacent to an activating group) is 2. The van der Waals surface area contributed by atoms with Crippen LogP contribution < -0.4 is 0 Å². The lowest BCUT2D eigenvalue weighted by Gasteiger charge is -2.30. The van der Waals surface area contributed by atoms with Crippen LogP contribution in [0.15, 0.2) is 0 Å². The molecule has 80 valence electrons. The van der Waals surface area contributed by atoms with Gasteiger partial charge in [-0.3, -0.25) is 9.69 Å². The van der Waals surface area contributed by atoms with Crippen LogP contribution in [-0.2, 0) is 4.79 Å². The van der Waals surface area contributed by atoms with Crippen LogP contribution >= 0.6 is 0 Å². The second kappa shape index (κ2) is 5.61. The van der Waals surface area contributed by atoms with Crippen molar-refractivity contribution in [2.24, 2.45) is 0 Å². The van der Waals surface area contributed by atoms with Crippen molar-refractivity contribution in [1.82, 2.24) is 9.80 Å². The zero-order chi connectivity index (χ0) is 11.3. The number of carbonyl (C=O) groups excluding carboxylic acids is 1. The topological polar surface area (TPSA) is 47.3 Å². The van der Waals surface area contributed by atoms with E-state index in [4.69, 9.17) is 5.26 Å². The van der Waals surface area contributed by atoms with Crippen molar-refractivity contribution in [3.05, 3.63) is 0 Å². The van der Waals surface area contributed by atoms with Gasteiger partial charge in [0.1, 0.15) is 0 Å². The molecule has 4 heteroatoms. The predicted octanol–water partition coefficient (Wildman–Crippen LogP) is 0.697. The summed E-state index contributed by atoms with van der Waals surface area (Å²) in [4.78, 5) is 15.1. The summed E-state index contributed by atoms with van der Waals surface area (Å²) in [6.07, 6.45) is 0.446. The van der Waals surface area contributed by atoms with Gasteiger partial charge in [-0.05, 0) is 20.9 Å². The van der Waals surface area contributed by atoms with Gasteiger partial charge in [0.15, 0.2) is 0 Å². The third-order valence-corrected chi connectivity index (χ3v) is 2.49. The molecule has 0 heterocycles. The lowest BCUT2D eigenvalue weighted by atomic mass is 10.1. The first-order valence-electron chi connectivity index (χ1n) is 4.71. The normalized spacial score (nSPS) is 14.6. The Balaban J connectivity index is 4.32. The SMILES string of the molecule is CC(CC#N)N(C)C(C)C(=O)N(C)C. The molecule has 0 aliphatic rings. The zero-order valence-corrected chi connectivity index (χ0v) is 9.61. The molecule has 0 N–H and O–H groups in total. The number of nitriles is 1. The van der Waals surface area contributed by atoms with Crippen LogP contribution in [0, 0.1) is 11.3 Å². The first-order chi connectivity index (χ1) is 6.41. The molecule has 0 radical (unpaired) electrons. The second-order valence-electron chi connectivity index (χ2n) is 3.79. The highest BCUT2D eigenvalue weighted by Gasteiger charge is 2.22. The molecule has 1 amide bonds. The van der Waals surface area contributed by atoms with Crippen LogP contribution in [0.2, 0.25) is 0 Å². The zero-order valence-electron chi connectivity index (χ0n) is 9.61. The molecule has 0 fully saturated rings. The van der Waals surface area contributed by atoms with E-state index in [9.17, 15) is 4.79 Å². The van der Waals surface area contributed by atoms with Gasteiger partial charge in [0.2, 0.25) is 5.91 Å². The molecule has 4 nitrogen and oxygen atoms in total. The summed E-state index contributed by atoms with van der Waals surface area (Å²) in [7, 11) is 5.34. The minimum Gasteiger partial charge on any atom is -0.347 e. The van der Waals surface area contributed by atoms with Crippen LogP contribution in [0.25, 0.3) is 0 Å². The molecular formula is C10H19N3O. The summed E-state index contributed by atoms with van der Waals surface area (Å²) in [6, 6.07) is 2.04. The summed E-state index contributed by atoms with van der Waals surface area (Å²) in [5, 5.41) is 8.54. The summed E-state index contributed by atoms with van der Waals surface area (Å²) in [5.74, 6) is 0.0669. The third-order valence-electron chi connectivity index (χ3n) is 2.49. The number of carbonyl (C=O) groups is 1. The van der Waals surface area contributed by atoms with Crippen molar-refractivity contribution in [2.75, 3.05) is 21.1 Å². The molecule has 0 saturated heterocycles. The van der Waals surface area contributed by atoms with Crippen molar-refractivity contribution in [3.8, 4) is 6.07 Å². The fourth-order valence-electron chi connectivity index (χ4n) is 1.21. The Morgan fingerprint density at radius 3 is 2.21 bits per heavy atom. The Morgan fingerprint density at radius 1 is 1.36 bits per heavy atom. The molecule has 0 aliphatic heterocycles. The average molecular weight is 197 g/mol. The standard InChI is InChI=1S/C10H19N3O/c1-8(6-7-11)13(5)9(2)10(14)12(3)4/h8-9H,6H2,1-5H3. The maximum Gasteiger partial charge on any atom is 0.239 e. The van der Waals surface area contributed by atoms with Gasteiger partial charge in [-0.15, -0.1) is 0 Å². The minimum atomic E-state index is -0.173. The quantitative estimate of drug-likeness (QED) is 0.666. The number of hydrogen-bond acceptors (Lipinski definition) is 3. The lowest BCUT2D eigenvalue weighted by molar-refractivity contribution is -0.134. The molecule has 0 aromatic heterocycles. The largest absolute Gasteiger partial charge is 0.347 e. The van der Waals surface area contributed by atoms with Gasteiger partial charge in [-0.2, -0.15) is 5.26 Å². The highest BCUT2D eigenvalue weighted by atomic mass is 16.2. The summed E-state index contributed by atoms with van der Waals surface area (Å²) in [5.41, 5.74) is 0. The Hall–Kier alpha value is -1.08. The van der Waals surface area contributed by atoms with Gasteiger partial charge >= 0.3 is 0 Å². The molecule has 0 rings (SSSR count). The summed E-state index contributed by atoms with van der Waals surface area (Å²) < 4.78 is 0. The molecule has 0 aromatic rings. The Kier molecular flexibility index (Phi) is 5.18. The number of amides is 1. The van der Waals surface area contributed by atoms with Crippen LogP contribution in [-0.4, -0.2) is 48.9 Å². The maximum absolute atomic E-state index is 11.6. The smallest absolute Gasteiger partial charge is 0.239 e. The van der Waals surface area contributed by atoms with E-state index in [1.807, 2.05) is 25.8 Å². The highest BCUT2D eigenvalue weighted by Crippen LogP contribution is 2.07. The van der Waals surface area contributed by atoms with Gasteiger partial charge in [-0.1, -0.05) is 0 Å². The van der Waals surface area contributed by atoms with Crippen molar-refractivity contribution in [3.63, 3.8) is 0 Å². The predicted molar refractivity (Wildman–Crippen MR) is 55.6 cm³/mol. The van der Waals surface area contributed by atoms with E-state index in [1.54, 1.807) is 19.0 Å². The van der Waals surface area contributed by atoms with E-state index >= 15 is 0 Å². The molecule has 0 spiro atoms. The Labute approximate surface area is 86.1 Å². The highest BCUT2D eigenvalue weighted by molar-refractivity contribution is 5.80. The fourth-order valence-corrected chi connectivity index (χ4v) is 1.21. The number of hydrogen-bond donors (Lipinski definition) is 0. The van der Waals surface area contributed by atoms with E-state index in [0.717, 1.165) is 0 Å². The van der Waals surface area contributed by atoms with Gasteiger partial charge < -0.3 is 4.90 Å². The number of rotatable bonds is 4. The van der Waals surface area contributed by atoms with Crippen molar-refractivity contribution < 1.29 is 4.79 Å². The molecule has 14 heavy (non-hydrogen) atoms. The van der Waals surface area contributed by atoms with Gasteiger partial charge in [0.05, 0.1) is 18.5 Å². The molecule has 2 atom stereocenters. The minimum absolute atomic E-state index is 0.0669. The summed E-state index contributed by atoms with van der Waals surface area (Å²) >= 11 is 0. The third kappa shape index (κ3) is 3.35. The lowest BCUT2D eigenvalue weighted by Crippen LogP contribution is -2.46. The van der Waals surface area contributed by atoms with Crippen molar-refractivity contribution in [2.45, 2.75) is 32.4 Å². The Morgan fingerprint density at radius 2 is 1.86 bits per heavy atom. The van der Waals surface area contributed by atoms with E-state index in [0.29, 0.717) is 6.42 Å². The molecule has 2 unspecified atom stereocenters. The molecule has 0 aliphatic carbocycles. The average Bonchev–Trinajstić information content (AvgIpc) is 2.14. The molecule has 0 bridgehead atoms. The van der Waals surface area contributed by atoms with Crippen LogP contribution in [0.5, 0.6) is 0 Å². The van der Waals surface area contributed by atoms with E-state index in [1.165, 1.54) is 0 Å². The van der Waals surface area contributed by atoms with Crippen molar-refractivity contribution in [1.29, 1.82) is 5.26 Å². The van der Waals surface area contributed by atoms with E-state index in [-0.39, 0.29) is 18.0 Å². The molecule has 0 saturated carbocycles. The van der Waals surface area contributed by atoms with Gasteiger partial charge in [0.25, 0.3) is 0 Å². The maximum atomic E-state index is 11.6. The summed E-state index contributed by atoms with van der Waals surface area (Å²) in [6.45, 7) is 3.80. The van der Waals surface area contributed by atoms with Gasteiger partial charge in [0, 0.05) is 20.1 Å². The van der Waals surface area contributed by atoms with Crippen LogP contribution in [0.3, 0.4) is 0 Å². The van der Waals surface area contributed by atoms with Crippen LogP contribution in [0.4, 0.5) is 0 Å². The van der Waals surface area contributed by atoms with Crippen molar-refractivity contribution >= 4 is 5.91 Å².